The molecule has 0 saturated carbocycles. The van der Waals surface area contributed by atoms with Crippen molar-refractivity contribution in [2.45, 2.75) is 11.9 Å². The fraction of sp³-hybridized carbons (Fsp3) is 0.286. The molecule has 0 radical (unpaired) electrons. The summed E-state index contributed by atoms with van der Waals surface area (Å²) in [5, 5.41) is 0.764. The van der Waals surface area contributed by atoms with E-state index in [0.29, 0.717) is 0 Å². The Morgan fingerprint density at radius 2 is 2.20 bits per heavy atom. The molecule has 0 saturated heterocycles. The molecule has 54 valence electrons. The van der Waals surface area contributed by atoms with Gasteiger partial charge in [-0.1, -0.05) is 6.07 Å². The number of hydrogen-bond donors (Lipinski definition) is 0. The number of aromatic nitrogens is 1. The second kappa shape index (κ2) is 3.01. The van der Waals surface area contributed by atoms with Gasteiger partial charge in [-0.25, -0.2) is 4.98 Å². The van der Waals surface area contributed by atoms with Gasteiger partial charge in [0.25, 0.3) is 0 Å². The molecule has 10 heavy (non-hydrogen) atoms. The normalized spacial score (nSPS) is 9.90. The van der Waals surface area contributed by atoms with Gasteiger partial charge in [0.2, 0.25) is 5.95 Å². The first-order valence-electron chi connectivity index (χ1n) is 2.91. The second-order valence-corrected chi connectivity index (χ2v) is 2.76. The molecule has 0 fully saturated rings. The Hall–Kier alpha value is -0.570. The van der Waals surface area contributed by atoms with Gasteiger partial charge in [-0.15, -0.1) is 11.8 Å². The van der Waals surface area contributed by atoms with Crippen molar-refractivity contribution in [2.75, 3.05) is 6.26 Å². The van der Waals surface area contributed by atoms with Gasteiger partial charge >= 0.3 is 0 Å². The predicted octanol–water partition coefficient (Wildman–Crippen LogP) is 2.25. The van der Waals surface area contributed by atoms with Gasteiger partial charge in [-0.05, 0) is 24.8 Å². The molecule has 0 aliphatic carbocycles. The van der Waals surface area contributed by atoms with E-state index in [1.807, 2.05) is 13.2 Å². The molecule has 3 heteroatoms. The summed E-state index contributed by atoms with van der Waals surface area (Å²) in [7, 11) is 0. The highest BCUT2D eigenvalue weighted by atomic mass is 32.2. The van der Waals surface area contributed by atoms with E-state index in [1.165, 1.54) is 17.8 Å². The number of rotatable bonds is 1. The average Bonchev–Trinajstić information content (AvgIpc) is 1.94. The molecule has 1 heterocycles. The highest BCUT2D eigenvalue weighted by molar-refractivity contribution is 7.98. The summed E-state index contributed by atoms with van der Waals surface area (Å²) in [5.74, 6) is -0.407. The minimum absolute atomic E-state index is 0.407. The van der Waals surface area contributed by atoms with Gasteiger partial charge in [-0.2, -0.15) is 4.39 Å². The van der Waals surface area contributed by atoms with Crippen molar-refractivity contribution in [2.24, 2.45) is 0 Å². The molecular weight excluding hydrogens is 149 g/mol. The zero-order chi connectivity index (χ0) is 7.56. The predicted molar refractivity (Wildman–Crippen MR) is 40.7 cm³/mol. The summed E-state index contributed by atoms with van der Waals surface area (Å²) in [6, 6.07) is 3.10. The van der Waals surface area contributed by atoms with E-state index < -0.39 is 5.95 Å². The summed E-state index contributed by atoms with van der Waals surface area (Å²) in [6.07, 6.45) is 1.88. The van der Waals surface area contributed by atoms with Gasteiger partial charge in [-0.3, -0.25) is 0 Å². The lowest BCUT2D eigenvalue weighted by atomic mass is 10.3. The van der Waals surface area contributed by atoms with Crippen LogP contribution in [0.2, 0.25) is 0 Å². The Labute approximate surface area is 63.7 Å². The third-order valence-electron chi connectivity index (χ3n) is 1.21. The maximum atomic E-state index is 12.4. The Balaban J connectivity index is 3.09. The van der Waals surface area contributed by atoms with Crippen LogP contribution in [-0.2, 0) is 0 Å². The number of nitrogens with zero attached hydrogens (tertiary/aromatic N) is 1. The molecule has 0 atom stereocenters. The lowest BCUT2D eigenvalue weighted by molar-refractivity contribution is 0.570. The van der Waals surface area contributed by atoms with Crippen LogP contribution in [0.3, 0.4) is 0 Å². The van der Waals surface area contributed by atoms with Gasteiger partial charge in [0, 0.05) is 0 Å². The molecule has 0 spiro atoms. The summed E-state index contributed by atoms with van der Waals surface area (Å²) in [6.45, 7) is 1.91. The van der Waals surface area contributed by atoms with Crippen molar-refractivity contribution in [1.29, 1.82) is 0 Å². The topological polar surface area (TPSA) is 12.9 Å². The van der Waals surface area contributed by atoms with Crippen LogP contribution in [0.25, 0.3) is 0 Å². The number of thioether (sulfide) groups is 1. The van der Waals surface area contributed by atoms with Crippen LogP contribution in [-0.4, -0.2) is 11.2 Å². The van der Waals surface area contributed by atoms with E-state index in [9.17, 15) is 4.39 Å². The lowest BCUT2D eigenvalue weighted by Gasteiger charge is -1.98. The standard InChI is InChI=1S/C7H8FNS/c1-5-3-4-6(8)9-7(5)10-2/h3-4H,1-2H3. The second-order valence-electron chi connectivity index (χ2n) is 1.96. The molecule has 0 aromatic carbocycles. The van der Waals surface area contributed by atoms with Crippen LogP contribution in [0.4, 0.5) is 4.39 Å². The third kappa shape index (κ3) is 1.48. The zero-order valence-corrected chi connectivity index (χ0v) is 6.70. The van der Waals surface area contributed by atoms with Crippen LogP contribution in [0.15, 0.2) is 17.2 Å². The summed E-state index contributed by atoms with van der Waals surface area (Å²) in [4.78, 5) is 3.69. The quantitative estimate of drug-likeness (QED) is 0.458. The smallest absolute Gasteiger partial charge is 0.213 e. The fourth-order valence-electron chi connectivity index (χ4n) is 0.694. The highest BCUT2D eigenvalue weighted by Crippen LogP contribution is 2.16. The minimum atomic E-state index is -0.407. The number of aryl methyl sites for hydroxylation is 1. The van der Waals surface area contributed by atoms with E-state index in [-0.39, 0.29) is 0 Å². The maximum Gasteiger partial charge on any atom is 0.213 e. The Morgan fingerprint density at radius 3 is 2.70 bits per heavy atom. The molecule has 1 rings (SSSR count). The number of pyridine rings is 1. The Morgan fingerprint density at radius 1 is 1.50 bits per heavy atom. The number of halogens is 1. The van der Waals surface area contributed by atoms with Gasteiger partial charge in [0.15, 0.2) is 0 Å². The highest BCUT2D eigenvalue weighted by Gasteiger charge is 1.98. The molecule has 0 aliphatic heterocycles. The summed E-state index contributed by atoms with van der Waals surface area (Å²) >= 11 is 1.46. The van der Waals surface area contributed by atoms with Crippen molar-refractivity contribution >= 4 is 11.8 Å². The third-order valence-corrected chi connectivity index (χ3v) is 2.01. The van der Waals surface area contributed by atoms with E-state index in [1.54, 1.807) is 6.07 Å². The Bertz CT molecular complexity index is 237. The van der Waals surface area contributed by atoms with E-state index in [2.05, 4.69) is 4.98 Å². The van der Waals surface area contributed by atoms with Crippen molar-refractivity contribution in [3.63, 3.8) is 0 Å². The van der Waals surface area contributed by atoms with Gasteiger partial charge in [0.1, 0.15) is 5.03 Å². The first kappa shape index (κ1) is 7.54. The largest absolute Gasteiger partial charge is 0.213 e. The van der Waals surface area contributed by atoms with E-state index >= 15 is 0 Å². The minimum Gasteiger partial charge on any atom is -0.213 e. The summed E-state index contributed by atoms with van der Waals surface area (Å²) < 4.78 is 12.4. The first-order valence-corrected chi connectivity index (χ1v) is 4.13. The fourth-order valence-corrected chi connectivity index (χ4v) is 1.26. The van der Waals surface area contributed by atoms with Crippen molar-refractivity contribution in [3.05, 3.63) is 23.6 Å². The van der Waals surface area contributed by atoms with Crippen molar-refractivity contribution in [3.8, 4) is 0 Å². The van der Waals surface area contributed by atoms with Crippen LogP contribution >= 0.6 is 11.8 Å². The molecule has 0 N–H and O–H groups in total. The molecule has 0 bridgehead atoms. The average molecular weight is 157 g/mol. The van der Waals surface area contributed by atoms with Crippen molar-refractivity contribution < 1.29 is 4.39 Å². The summed E-state index contributed by atoms with van der Waals surface area (Å²) in [5.41, 5.74) is 1.02. The molecule has 0 amide bonds. The van der Waals surface area contributed by atoms with Gasteiger partial charge < -0.3 is 0 Å². The van der Waals surface area contributed by atoms with E-state index in [0.717, 1.165) is 10.6 Å². The molecule has 1 aromatic rings. The monoisotopic (exact) mass is 157 g/mol. The molecule has 0 unspecified atom stereocenters. The van der Waals surface area contributed by atoms with Crippen LogP contribution in [0.5, 0.6) is 0 Å². The SMILES string of the molecule is CSc1nc(F)ccc1C. The first-order chi connectivity index (χ1) is 4.74. The Kier molecular flexibility index (Phi) is 2.27. The molecule has 1 nitrogen and oxygen atoms in total. The molecule has 0 aliphatic rings. The lowest BCUT2D eigenvalue weighted by Crippen LogP contribution is -1.87. The van der Waals surface area contributed by atoms with Gasteiger partial charge in [0.05, 0.1) is 0 Å². The molecule has 1 aromatic heterocycles. The van der Waals surface area contributed by atoms with Crippen molar-refractivity contribution in [1.82, 2.24) is 4.98 Å². The molecular formula is C7H8FNS. The van der Waals surface area contributed by atoms with Crippen LogP contribution < -0.4 is 0 Å². The zero-order valence-electron chi connectivity index (χ0n) is 5.89. The van der Waals surface area contributed by atoms with Crippen LogP contribution in [0.1, 0.15) is 5.56 Å². The van der Waals surface area contributed by atoms with Crippen LogP contribution in [0, 0.1) is 12.9 Å². The maximum absolute atomic E-state index is 12.4. The number of hydrogen-bond acceptors (Lipinski definition) is 2. The van der Waals surface area contributed by atoms with E-state index in [4.69, 9.17) is 0 Å².